The number of methoxy groups -OCH3 is 2. The number of ether oxygens (including phenoxy) is 2. The molecule has 0 atom stereocenters. The van der Waals surface area contributed by atoms with Gasteiger partial charge in [-0.25, -0.2) is 8.78 Å². The zero-order valence-electron chi connectivity index (χ0n) is 15.9. The van der Waals surface area contributed by atoms with E-state index in [0.29, 0.717) is 34.9 Å². The molecule has 0 spiro atoms. The number of nitrogens with zero attached hydrogens (tertiary/aromatic N) is 1. The van der Waals surface area contributed by atoms with Gasteiger partial charge in [-0.05, 0) is 47.7 Å². The molecular weight excluding hydrogens is 418 g/mol. The average Bonchev–Trinajstić information content (AvgIpc) is 2.97. The fourth-order valence-corrected chi connectivity index (χ4v) is 3.49. The molecule has 7 nitrogen and oxygen atoms in total. The minimum atomic E-state index is -0.967. The van der Waals surface area contributed by atoms with E-state index < -0.39 is 35.2 Å². The van der Waals surface area contributed by atoms with Crippen molar-refractivity contribution < 1.29 is 32.6 Å². The summed E-state index contributed by atoms with van der Waals surface area (Å²) in [6.45, 7) is -0.606. The molecule has 0 saturated carbocycles. The summed E-state index contributed by atoms with van der Waals surface area (Å²) in [5.74, 6) is -2.26. The molecule has 2 aromatic rings. The number of benzene rings is 2. The summed E-state index contributed by atoms with van der Waals surface area (Å²) in [5.41, 5.74) is 0.338. The van der Waals surface area contributed by atoms with Crippen LogP contribution in [0, 0.1) is 11.6 Å². The van der Waals surface area contributed by atoms with E-state index in [-0.39, 0.29) is 10.6 Å². The molecule has 1 aliphatic heterocycles. The number of thioether (sulfide) groups is 1. The third kappa shape index (κ3) is 4.60. The summed E-state index contributed by atoms with van der Waals surface area (Å²) in [6.07, 6.45) is 1.49. The molecular formula is C20H16F2N2O5S. The van der Waals surface area contributed by atoms with Crippen molar-refractivity contribution in [2.75, 3.05) is 26.1 Å². The lowest BCUT2D eigenvalue weighted by molar-refractivity contribution is -0.127. The van der Waals surface area contributed by atoms with E-state index in [0.717, 1.165) is 17.0 Å². The first-order valence-corrected chi connectivity index (χ1v) is 9.36. The number of hydrogen-bond acceptors (Lipinski definition) is 6. The molecule has 0 aromatic heterocycles. The van der Waals surface area contributed by atoms with Crippen LogP contribution in [0.4, 0.5) is 19.3 Å². The lowest BCUT2D eigenvalue weighted by Crippen LogP contribution is -2.36. The second-order valence-electron chi connectivity index (χ2n) is 6.05. The Morgan fingerprint density at radius 1 is 1.10 bits per heavy atom. The van der Waals surface area contributed by atoms with Gasteiger partial charge >= 0.3 is 0 Å². The predicted octanol–water partition coefficient (Wildman–Crippen LogP) is 3.66. The molecule has 3 rings (SSSR count). The van der Waals surface area contributed by atoms with Gasteiger partial charge in [0.2, 0.25) is 5.91 Å². The Hall–Kier alpha value is -3.40. The minimum absolute atomic E-state index is 0.119. The van der Waals surface area contributed by atoms with E-state index in [4.69, 9.17) is 9.47 Å². The number of anilines is 1. The number of halogens is 2. The van der Waals surface area contributed by atoms with Gasteiger partial charge in [0.05, 0.1) is 24.8 Å². The number of nitrogens with one attached hydrogen (secondary N) is 1. The van der Waals surface area contributed by atoms with E-state index in [1.807, 2.05) is 0 Å². The maximum atomic E-state index is 13.7. The van der Waals surface area contributed by atoms with Gasteiger partial charge in [-0.1, -0.05) is 6.07 Å². The molecule has 0 radical (unpaired) electrons. The molecule has 2 aromatic carbocycles. The summed E-state index contributed by atoms with van der Waals surface area (Å²) < 4.78 is 37.0. The molecule has 1 N–H and O–H groups in total. The van der Waals surface area contributed by atoms with Crippen molar-refractivity contribution in [3.05, 3.63) is 58.5 Å². The molecule has 0 aliphatic carbocycles. The van der Waals surface area contributed by atoms with Crippen molar-refractivity contribution in [3.8, 4) is 11.5 Å². The van der Waals surface area contributed by atoms with Crippen LogP contribution in [0.3, 0.4) is 0 Å². The van der Waals surface area contributed by atoms with Crippen molar-refractivity contribution in [1.82, 2.24) is 4.90 Å². The number of imide groups is 1. The predicted molar refractivity (Wildman–Crippen MR) is 107 cm³/mol. The van der Waals surface area contributed by atoms with Crippen LogP contribution in [0.1, 0.15) is 5.56 Å². The second-order valence-corrected chi connectivity index (χ2v) is 7.05. The first-order valence-electron chi connectivity index (χ1n) is 8.54. The summed E-state index contributed by atoms with van der Waals surface area (Å²) in [6, 6.07) is 7.61. The van der Waals surface area contributed by atoms with E-state index in [1.165, 1.54) is 20.3 Å². The SMILES string of the molecule is COc1ccc(/C=C2/SC(=O)N(CC(=O)Nc3ccc(F)cc3F)C2=O)cc1OC. The molecule has 0 unspecified atom stereocenters. The van der Waals surface area contributed by atoms with Gasteiger partial charge < -0.3 is 14.8 Å². The third-order valence-electron chi connectivity index (χ3n) is 4.09. The highest BCUT2D eigenvalue weighted by Gasteiger charge is 2.36. The molecule has 3 amide bonds. The van der Waals surface area contributed by atoms with Gasteiger partial charge in [0.15, 0.2) is 11.5 Å². The van der Waals surface area contributed by atoms with Crippen LogP contribution in [-0.4, -0.2) is 42.7 Å². The Kier molecular flexibility index (Phi) is 6.36. The van der Waals surface area contributed by atoms with E-state index in [9.17, 15) is 23.2 Å². The van der Waals surface area contributed by atoms with Crippen molar-refractivity contribution in [1.29, 1.82) is 0 Å². The summed E-state index contributed by atoms with van der Waals surface area (Å²) in [4.78, 5) is 37.7. The largest absolute Gasteiger partial charge is 0.493 e. The standard InChI is InChI=1S/C20H16F2N2O5S/c1-28-15-6-3-11(7-16(15)29-2)8-17-19(26)24(20(27)30-17)10-18(25)23-14-5-4-12(21)9-13(14)22/h3-9H,10H2,1-2H3,(H,23,25)/b17-8+. The number of hydrogen-bond donors (Lipinski definition) is 1. The lowest BCUT2D eigenvalue weighted by atomic mass is 10.2. The highest BCUT2D eigenvalue weighted by atomic mass is 32.2. The smallest absolute Gasteiger partial charge is 0.294 e. The van der Waals surface area contributed by atoms with E-state index in [2.05, 4.69) is 5.32 Å². The fourth-order valence-electron chi connectivity index (χ4n) is 2.65. The number of rotatable bonds is 6. The highest BCUT2D eigenvalue weighted by molar-refractivity contribution is 8.18. The Bertz CT molecular complexity index is 1060. The summed E-state index contributed by atoms with van der Waals surface area (Å²) in [5, 5.41) is 1.57. The Labute approximate surface area is 174 Å². The van der Waals surface area contributed by atoms with E-state index >= 15 is 0 Å². The Morgan fingerprint density at radius 2 is 1.83 bits per heavy atom. The van der Waals surface area contributed by atoms with Gasteiger partial charge in [-0.3, -0.25) is 19.3 Å². The van der Waals surface area contributed by atoms with Crippen molar-refractivity contribution in [2.24, 2.45) is 0 Å². The van der Waals surface area contributed by atoms with Gasteiger partial charge in [0.25, 0.3) is 11.1 Å². The van der Waals surface area contributed by atoms with Crippen LogP contribution >= 0.6 is 11.8 Å². The van der Waals surface area contributed by atoms with Crippen LogP contribution in [-0.2, 0) is 9.59 Å². The van der Waals surface area contributed by atoms with Crippen LogP contribution in [0.5, 0.6) is 11.5 Å². The molecule has 156 valence electrons. The van der Waals surface area contributed by atoms with E-state index in [1.54, 1.807) is 18.2 Å². The monoisotopic (exact) mass is 434 g/mol. The lowest BCUT2D eigenvalue weighted by Gasteiger charge is -2.12. The number of carbonyl (C=O) groups is 3. The maximum absolute atomic E-state index is 13.7. The first-order chi connectivity index (χ1) is 14.3. The number of carbonyl (C=O) groups excluding carboxylic acids is 3. The topological polar surface area (TPSA) is 84.9 Å². The first kappa shape index (κ1) is 21.3. The molecule has 1 heterocycles. The Balaban J connectivity index is 1.73. The Morgan fingerprint density at radius 3 is 2.50 bits per heavy atom. The van der Waals surface area contributed by atoms with Crippen molar-refractivity contribution in [2.45, 2.75) is 0 Å². The van der Waals surface area contributed by atoms with Crippen LogP contribution in [0.2, 0.25) is 0 Å². The maximum Gasteiger partial charge on any atom is 0.294 e. The number of amides is 3. The van der Waals surface area contributed by atoms with Crippen LogP contribution in [0.25, 0.3) is 6.08 Å². The van der Waals surface area contributed by atoms with Crippen LogP contribution in [0.15, 0.2) is 41.3 Å². The molecule has 0 bridgehead atoms. The van der Waals surface area contributed by atoms with Gasteiger partial charge in [-0.2, -0.15) is 0 Å². The second kappa shape index (κ2) is 8.95. The van der Waals surface area contributed by atoms with Gasteiger partial charge in [0, 0.05) is 6.07 Å². The zero-order valence-corrected chi connectivity index (χ0v) is 16.7. The fraction of sp³-hybridized carbons (Fsp3) is 0.150. The molecule has 30 heavy (non-hydrogen) atoms. The van der Waals surface area contributed by atoms with Crippen LogP contribution < -0.4 is 14.8 Å². The minimum Gasteiger partial charge on any atom is -0.493 e. The normalized spacial score (nSPS) is 14.9. The molecule has 1 saturated heterocycles. The highest BCUT2D eigenvalue weighted by Crippen LogP contribution is 2.34. The molecule has 10 heteroatoms. The molecule has 1 fully saturated rings. The third-order valence-corrected chi connectivity index (χ3v) is 4.99. The van der Waals surface area contributed by atoms with Gasteiger partial charge in [0.1, 0.15) is 18.2 Å². The zero-order chi connectivity index (χ0) is 21.8. The van der Waals surface area contributed by atoms with Gasteiger partial charge in [-0.15, -0.1) is 0 Å². The molecule has 1 aliphatic rings. The van der Waals surface area contributed by atoms with Crippen molar-refractivity contribution >= 4 is 40.6 Å². The summed E-state index contributed by atoms with van der Waals surface area (Å²) >= 11 is 0.676. The average molecular weight is 434 g/mol. The van der Waals surface area contributed by atoms with Crippen molar-refractivity contribution in [3.63, 3.8) is 0 Å². The quantitative estimate of drug-likeness (QED) is 0.699. The summed E-state index contributed by atoms with van der Waals surface area (Å²) in [7, 11) is 2.96.